The third-order valence-corrected chi connectivity index (χ3v) is 7.45. The molecule has 202 valence electrons. The number of hydrogen-bond acceptors (Lipinski definition) is 3. The van der Waals surface area contributed by atoms with Crippen LogP contribution in [0, 0.1) is 13.8 Å². The third-order valence-electron chi connectivity index (χ3n) is 7.10. The van der Waals surface area contributed by atoms with Crippen LogP contribution < -0.4 is 10.6 Å². The molecule has 0 amide bonds. The molecule has 2 aromatic heterocycles. The van der Waals surface area contributed by atoms with Crippen LogP contribution in [0.15, 0.2) is 85.1 Å². The van der Waals surface area contributed by atoms with Crippen LogP contribution in [-0.4, -0.2) is 32.7 Å². The number of hydrogen-bond donors (Lipinski definition) is 2. The van der Waals surface area contributed by atoms with Gasteiger partial charge in [-0.3, -0.25) is 4.98 Å². The lowest BCUT2D eigenvalue weighted by Gasteiger charge is -2.28. The summed E-state index contributed by atoms with van der Waals surface area (Å²) in [6.07, 6.45) is -1.81. The second-order valence-electron chi connectivity index (χ2n) is 9.68. The number of alkyl halides is 3. The van der Waals surface area contributed by atoms with Gasteiger partial charge in [0.25, 0.3) is 0 Å². The molecule has 2 atom stereocenters. The van der Waals surface area contributed by atoms with Gasteiger partial charge in [0.15, 0.2) is 5.11 Å². The molecule has 2 aromatic carbocycles. The second kappa shape index (κ2) is 11.1. The van der Waals surface area contributed by atoms with E-state index in [4.69, 9.17) is 12.2 Å². The Morgan fingerprint density at radius 2 is 1.74 bits per heavy atom. The maximum absolute atomic E-state index is 13.5. The van der Waals surface area contributed by atoms with Crippen molar-refractivity contribution < 1.29 is 13.2 Å². The number of benzene rings is 2. The molecule has 3 heterocycles. The van der Waals surface area contributed by atoms with Crippen molar-refractivity contribution in [1.82, 2.24) is 19.8 Å². The summed E-state index contributed by atoms with van der Waals surface area (Å²) in [5, 5.41) is 7.55. The molecular formula is C30H30F3N5S. The number of anilines is 1. The zero-order valence-electron chi connectivity index (χ0n) is 21.7. The SMILES string of the molecule is Cc1cc([C@H]2[C@H](c3ccccn3)NC(=S)N2CCCNc2ccccc2)c(C)n1-c1cccc(C(F)(F)F)c1. The smallest absolute Gasteiger partial charge is 0.385 e. The summed E-state index contributed by atoms with van der Waals surface area (Å²) in [6, 6.07) is 23.0. The van der Waals surface area contributed by atoms with Crippen LogP contribution in [0.2, 0.25) is 0 Å². The number of nitrogens with zero attached hydrogens (tertiary/aromatic N) is 3. The molecule has 9 heteroatoms. The van der Waals surface area contributed by atoms with Gasteiger partial charge >= 0.3 is 6.18 Å². The van der Waals surface area contributed by atoms with Crippen LogP contribution in [-0.2, 0) is 6.18 Å². The molecule has 0 spiro atoms. The maximum atomic E-state index is 13.5. The van der Waals surface area contributed by atoms with Crippen LogP contribution in [0.4, 0.5) is 18.9 Å². The lowest BCUT2D eigenvalue weighted by atomic mass is 9.96. The summed E-state index contributed by atoms with van der Waals surface area (Å²) in [4.78, 5) is 6.78. The second-order valence-corrected chi connectivity index (χ2v) is 10.1. The largest absolute Gasteiger partial charge is 0.416 e. The zero-order valence-corrected chi connectivity index (χ0v) is 22.6. The summed E-state index contributed by atoms with van der Waals surface area (Å²) in [5.41, 5.74) is 4.46. The van der Waals surface area contributed by atoms with Gasteiger partial charge in [0.2, 0.25) is 0 Å². The van der Waals surface area contributed by atoms with Gasteiger partial charge in [-0.15, -0.1) is 0 Å². The summed E-state index contributed by atoms with van der Waals surface area (Å²) in [5.74, 6) is 0. The van der Waals surface area contributed by atoms with E-state index in [-0.39, 0.29) is 12.1 Å². The highest BCUT2D eigenvalue weighted by atomic mass is 32.1. The zero-order chi connectivity index (χ0) is 27.6. The summed E-state index contributed by atoms with van der Waals surface area (Å²) in [6.45, 7) is 5.34. The first-order valence-corrected chi connectivity index (χ1v) is 13.3. The van der Waals surface area contributed by atoms with E-state index in [1.807, 2.05) is 66.9 Å². The molecule has 5 rings (SSSR count). The normalized spacial score (nSPS) is 17.4. The standard InChI is InChI=1S/C30H30F3N5S/c1-20-18-25(21(2)38(20)24-13-8-10-22(19-24)30(31,32)33)28-27(26-14-6-7-15-35-26)36-29(39)37(28)17-9-16-34-23-11-4-3-5-12-23/h3-8,10-15,18-19,27-28,34H,9,16-17H2,1-2H3,(H,36,39)/t27-,28-/m0/s1. The number of thiocarbonyl (C=S) groups is 1. The minimum atomic E-state index is -4.41. The molecule has 0 unspecified atom stereocenters. The molecule has 0 saturated carbocycles. The molecule has 1 aliphatic heterocycles. The Labute approximate surface area is 231 Å². The predicted molar refractivity (Wildman–Crippen MR) is 152 cm³/mol. The van der Waals surface area contributed by atoms with Gasteiger partial charge in [0.05, 0.1) is 23.3 Å². The fourth-order valence-corrected chi connectivity index (χ4v) is 5.66. The van der Waals surface area contributed by atoms with E-state index in [1.165, 1.54) is 12.1 Å². The number of pyridine rings is 1. The molecular weight excluding hydrogens is 519 g/mol. The van der Waals surface area contributed by atoms with Crippen LogP contribution >= 0.6 is 12.2 Å². The molecule has 0 aliphatic carbocycles. The van der Waals surface area contributed by atoms with Crippen molar-refractivity contribution in [3.8, 4) is 5.69 Å². The lowest BCUT2D eigenvalue weighted by Crippen LogP contribution is -2.31. The molecule has 4 aromatic rings. The average molecular weight is 550 g/mol. The third kappa shape index (κ3) is 5.63. The van der Waals surface area contributed by atoms with Gasteiger partial charge in [-0.05, 0) is 86.6 Å². The Hall–Kier alpha value is -3.85. The predicted octanol–water partition coefficient (Wildman–Crippen LogP) is 6.98. The first-order valence-electron chi connectivity index (χ1n) is 12.9. The Kier molecular flexibility index (Phi) is 7.61. The van der Waals surface area contributed by atoms with Crippen molar-refractivity contribution in [2.24, 2.45) is 0 Å². The van der Waals surface area contributed by atoms with E-state index in [0.29, 0.717) is 17.3 Å². The highest BCUT2D eigenvalue weighted by Crippen LogP contribution is 2.41. The van der Waals surface area contributed by atoms with Crippen LogP contribution in [0.3, 0.4) is 0 Å². The van der Waals surface area contributed by atoms with Crippen molar-refractivity contribution in [3.05, 3.63) is 113 Å². The van der Waals surface area contributed by atoms with Crippen molar-refractivity contribution >= 4 is 23.0 Å². The Morgan fingerprint density at radius 3 is 2.46 bits per heavy atom. The molecule has 1 aliphatic rings. The van der Waals surface area contributed by atoms with Crippen molar-refractivity contribution in [2.75, 3.05) is 18.4 Å². The van der Waals surface area contributed by atoms with E-state index < -0.39 is 11.7 Å². The fraction of sp³-hybridized carbons (Fsp3) is 0.267. The number of rotatable bonds is 8. The quantitative estimate of drug-likeness (QED) is 0.183. The number of aryl methyl sites for hydroxylation is 1. The summed E-state index contributed by atoms with van der Waals surface area (Å²) >= 11 is 5.81. The Morgan fingerprint density at radius 1 is 0.974 bits per heavy atom. The first kappa shape index (κ1) is 26.7. The van der Waals surface area contributed by atoms with Gasteiger partial charge in [-0.1, -0.05) is 30.3 Å². The minimum Gasteiger partial charge on any atom is -0.385 e. The number of halogens is 3. The molecule has 0 radical (unpaired) electrons. The van der Waals surface area contributed by atoms with Crippen molar-refractivity contribution in [3.63, 3.8) is 0 Å². The number of para-hydroxylation sites is 1. The van der Waals surface area contributed by atoms with E-state index in [2.05, 4.69) is 26.6 Å². The summed E-state index contributed by atoms with van der Waals surface area (Å²) in [7, 11) is 0. The van der Waals surface area contributed by atoms with Gasteiger partial charge in [-0.25, -0.2) is 0 Å². The van der Waals surface area contributed by atoms with E-state index in [1.54, 1.807) is 12.3 Å². The molecule has 0 bridgehead atoms. The minimum absolute atomic E-state index is 0.171. The van der Waals surface area contributed by atoms with Gasteiger partial charge in [0, 0.05) is 42.0 Å². The van der Waals surface area contributed by atoms with Gasteiger partial charge < -0.3 is 20.1 Å². The van der Waals surface area contributed by atoms with Gasteiger partial charge in [-0.2, -0.15) is 13.2 Å². The number of aromatic nitrogens is 2. The average Bonchev–Trinajstić information content (AvgIpc) is 3.41. The first-order chi connectivity index (χ1) is 18.7. The monoisotopic (exact) mass is 549 g/mol. The molecule has 1 fully saturated rings. The highest BCUT2D eigenvalue weighted by molar-refractivity contribution is 7.80. The Balaban J connectivity index is 1.47. The molecule has 5 nitrogen and oxygen atoms in total. The van der Waals surface area contributed by atoms with Crippen LogP contribution in [0.5, 0.6) is 0 Å². The van der Waals surface area contributed by atoms with E-state index >= 15 is 0 Å². The van der Waals surface area contributed by atoms with Crippen LogP contribution in [0.1, 0.15) is 46.7 Å². The van der Waals surface area contributed by atoms with E-state index in [9.17, 15) is 13.2 Å². The molecule has 2 N–H and O–H groups in total. The summed E-state index contributed by atoms with van der Waals surface area (Å²) < 4.78 is 42.3. The van der Waals surface area contributed by atoms with Crippen LogP contribution in [0.25, 0.3) is 5.69 Å². The maximum Gasteiger partial charge on any atom is 0.416 e. The van der Waals surface area contributed by atoms with Gasteiger partial charge in [0.1, 0.15) is 0 Å². The Bertz CT molecular complexity index is 1440. The van der Waals surface area contributed by atoms with Crippen molar-refractivity contribution in [1.29, 1.82) is 0 Å². The van der Waals surface area contributed by atoms with E-state index in [0.717, 1.165) is 47.4 Å². The topological polar surface area (TPSA) is 45.1 Å². The molecule has 1 saturated heterocycles. The van der Waals surface area contributed by atoms with Crippen molar-refractivity contribution in [2.45, 2.75) is 38.5 Å². The number of nitrogens with one attached hydrogen (secondary N) is 2. The fourth-order valence-electron chi connectivity index (χ4n) is 5.33. The molecule has 39 heavy (non-hydrogen) atoms. The lowest BCUT2D eigenvalue weighted by molar-refractivity contribution is -0.137. The highest BCUT2D eigenvalue weighted by Gasteiger charge is 2.41.